The minimum atomic E-state index is 0.191. The normalized spacial score (nSPS) is 10.3. The third-order valence-corrected chi connectivity index (χ3v) is 2.42. The van der Waals surface area contributed by atoms with Gasteiger partial charge in [-0.05, 0) is 24.4 Å². The third-order valence-electron chi connectivity index (χ3n) is 2.02. The molecule has 0 saturated carbocycles. The number of hydrogen-bond donors (Lipinski definition) is 0. The van der Waals surface area contributed by atoms with Gasteiger partial charge < -0.3 is 0 Å². The van der Waals surface area contributed by atoms with Crippen LogP contribution in [0.1, 0.15) is 0 Å². The van der Waals surface area contributed by atoms with Crippen molar-refractivity contribution in [1.82, 2.24) is 9.13 Å². The number of aromatic nitrogens is 2. The minimum Gasteiger partial charge on any atom is -0.278 e. The summed E-state index contributed by atoms with van der Waals surface area (Å²) in [5.41, 5.74) is 1.28. The fraction of sp³-hybridized carbons (Fsp3) is 0. The summed E-state index contributed by atoms with van der Waals surface area (Å²) in [7, 11) is 0. The van der Waals surface area contributed by atoms with E-state index in [1.165, 1.54) is 9.13 Å². The van der Waals surface area contributed by atoms with Crippen LogP contribution in [0.4, 0.5) is 0 Å². The molecule has 70 valence electrons. The van der Waals surface area contributed by atoms with Gasteiger partial charge in [0, 0.05) is 0 Å². The van der Waals surface area contributed by atoms with Gasteiger partial charge in [-0.25, -0.2) is 0 Å². The van der Waals surface area contributed by atoms with Gasteiger partial charge in [0.25, 0.3) is 0 Å². The fourth-order valence-electron chi connectivity index (χ4n) is 1.40. The molecule has 0 fully saturated rings. The second-order valence-electron chi connectivity index (χ2n) is 2.72. The van der Waals surface area contributed by atoms with Crippen LogP contribution >= 0.6 is 12.2 Å². The summed E-state index contributed by atoms with van der Waals surface area (Å²) in [6, 6.07) is 7.04. The Morgan fingerprint density at radius 3 is 1.79 bits per heavy atom. The molecule has 1 aromatic heterocycles. The summed E-state index contributed by atoms with van der Waals surface area (Å²) in [5, 5.41) is 0. The Morgan fingerprint density at radius 1 is 1.00 bits per heavy atom. The van der Waals surface area contributed by atoms with E-state index in [2.05, 4.69) is 0 Å². The maximum atomic E-state index is 10.7. The molecule has 0 aliphatic rings. The first-order chi connectivity index (χ1) is 6.79. The maximum Gasteiger partial charge on any atom is 0.220 e. The summed E-state index contributed by atoms with van der Waals surface area (Å²) < 4.78 is 2.72. The number of carbonyl (C=O) groups is 2. The maximum absolute atomic E-state index is 10.7. The minimum absolute atomic E-state index is 0.191. The molecule has 0 N–H and O–H groups in total. The van der Waals surface area contributed by atoms with Gasteiger partial charge in [-0.15, -0.1) is 0 Å². The number of carbonyl (C=O) groups excluding carboxylic acids is 2. The molecular weight excluding hydrogens is 200 g/mol. The van der Waals surface area contributed by atoms with Crippen molar-refractivity contribution in [1.29, 1.82) is 0 Å². The third kappa shape index (κ3) is 1.03. The number of para-hydroxylation sites is 2. The Balaban J connectivity index is 3.06. The van der Waals surface area contributed by atoms with E-state index in [0.29, 0.717) is 23.9 Å². The van der Waals surface area contributed by atoms with E-state index in [1.54, 1.807) is 24.3 Å². The standard InChI is InChI=1S/C9H6N2O2S/c12-5-10-7-3-1-2-4-8(7)11(6-13)9(10)14/h1-6H. The van der Waals surface area contributed by atoms with Crippen molar-refractivity contribution in [2.24, 2.45) is 0 Å². The van der Waals surface area contributed by atoms with Crippen LogP contribution < -0.4 is 0 Å². The zero-order chi connectivity index (χ0) is 10.1. The summed E-state index contributed by atoms with van der Waals surface area (Å²) in [6.07, 6.45) is 1.20. The number of hydrogen-bond acceptors (Lipinski definition) is 3. The van der Waals surface area contributed by atoms with Gasteiger partial charge >= 0.3 is 0 Å². The summed E-state index contributed by atoms with van der Waals surface area (Å²) >= 11 is 4.95. The van der Waals surface area contributed by atoms with Crippen molar-refractivity contribution in [2.45, 2.75) is 0 Å². The zero-order valence-corrected chi connectivity index (χ0v) is 7.90. The molecule has 0 spiro atoms. The molecule has 0 aliphatic heterocycles. The lowest BCUT2D eigenvalue weighted by molar-refractivity contribution is 0.543. The van der Waals surface area contributed by atoms with E-state index < -0.39 is 0 Å². The van der Waals surface area contributed by atoms with Crippen LogP contribution in [0.25, 0.3) is 11.0 Å². The first-order valence-corrected chi connectivity index (χ1v) is 4.32. The predicted molar refractivity (Wildman–Crippen MR) is 55.1 cm³/mol. The van der Waals surface area contributed by atoms with Crippen LogP contribution in [0.15, 0.2) is 24.3 Å². The van der Waals surface area contributed by atoms with Crippen molar-refractivity contribution in [3.8, 4) is 0 Å². The van der Waals surface area contributed by atoms with Crippen molar-refractivity contribution in [2.75, 3.05) is 0 Å². The Hall–Kier alpha value is -1.75. The lowest BCUT2D eigenvalue weighted by Crippen LogP contribution is -1.98. The molecule has 4 nitrogen and oxygen atoms in total. The Kier molecular flexibility index (Phi) is 2.01. The van der Waals surface area contributed by atoms with Crippen LogP contribution in [0, 0.1) is 4.77 Å². The molecule has 5 heteroatoms. The predicted octanol–water partition coefficient (Wildman–Crippen LogP) is 1.25. The second-order valence-corrected chi connectivity index (χ2v) is 3.09. The molecule has 1 heterocycles. The highest BCUT2D eigenvalue weighted by Gasteiger charge is 2.07. The van der Waals surface area contributed by atoms with E-state index in [-0.39, 0.29) is 4.77 Å². The van der Waals surface area contributed by atoms with Crippen molar-refractivity contribution < 1.29 is 9.59 Å². The van der Waals surface area contributed by atoms with Gasteiger partial charge in [-0.1, -0.05) is 12.1 Å². The van der Waals surface area contributed by atoms with Gasteiger partial charge in [-0.2, -0.15) is 0 Å². The van der Waals surface area contributed by atoms with Gasteiger partial charge in [0.2, 0.25) is 12.8 Å². The van der Waals surface area contributed by atoms with Crippen molar-refractivity contribution in [3.05, 3.63) is 29.0 Å². The topological polar surface area (TPSA) is 44.0 Å². The van der Waals surface area contributed by atoms with Crippen molar-refractivity contribution >= 4 is 36.1 Å². The van der Waals surface area contributed by atoms with E-state index in [9.17, 15) is 9.59 Å². The number of nitrogens with zero attached hydrogens (tertiary/aromatic N) is 2. The highest BCUT2D eigenvalue weighted by atomic mass is 32.1. The van der Waals surface area contributed by atoms with Crippen LogP contribution in [0.5, 0.6) is 0 Å². The summed E-state index contributed by atoms with van der Waals surface area (Å²) in [4.78, 5) is 21.5. The highest BCUT2D eigenvalue weighted by molar-refractivity contribution is 7.71. The van der Waals surface area contributed by atoms with Gasteiger partial charge in [0.05, 0.1) is 11.0 Å². The first-order valence-electron chi connectivity index (χ1n) is 3.91. The molecular formula is C9H6N2O2S. The SMILES string of the molecule is O=Cn1c(=S)n(C=O)c2ccccc21. The smallest absolute Gasteiger partial charge is 0.220 e. The van der Waals surface area contributed by atoms with E-state index in [1.807, 2.05) is 0 Å². The number of rotatable bonds is 2. The molecule has 0 saturated heterocycles. The Bertz CT molecular complexity index is 520. The Labute approximate surface area is 84.4 Å². The van der Waals surface area contributed by atoms with E-state index in [4.69, 9.17) is 12.2 Å². The van der Waals surface area contributed by atoms with Gasteiger partial charge in [0.1, 0.15) is 0 Å². The lowest BCUT2D eigenvalue weighted by Gasteiger charge is -1.90. The molecule has 1 aromatic carbocycles. The quantitative estimate of drug-likeness (QED) is 0.548. The molecule has 2 aromatic rings. The van der Waals surface area contributed by atoms with Gasteiger partial charge in [-0.3, -0.25) is 18.7 Å². The first kappa shape index (κ1) is 8.83. The molecule has 0 bridgehead atoms. The Morgan fingerprint density at radius 2 is 1.43 bits per heavy atom. The van der Waals surface area contributed by atoms with Crippen LogP contribution in [0.2, 0.25) is 0 Å². The molecule has 0 radical (unpaired) electrons. The average Bonchev–Trinajstić information content (AvgIpc) is 2.49. The number of benzene rings is 1. The van der Waals surface area contributed by atoms with Crippen LogP contribution in [-0.2, 0) is 9.59 Å². The summed E-state index contributed by atoms with van der Waals surface area (Å²) in [5.74, 6) is 0. The van der Waals surface area contributed by atoms with Crippen molar-refractivity contribution in [3.63, 3.8) is 0 Å². The van der Waals surface area contributed by atoms with Gasteiger partial charge in [0.15, 0.2) is 4.77 Å². The van der Waals surface area contributed by atoms with E-state index >= 15 is 0 Å². The lowest BCUT2D eigenvalue weighted by atomic mass is 10.3. The second kappa shape index (κ2) is 3.19. The molecule has 0 amide bonds. The molecule has 2 rings (SSSR count). The molecule has 0 unspecified atom stereocenters. The molecule has 14 heavy (non-hydrogen) atoms. The highest BCUT2D eigenvalue weighted by Crippen LogP contribution is 2.14. The van der Waals surface area contributed by atoms with E-state index in [0.717, 1.165) is 0 Å². The average molecular weight is 206 g/mol. The fourth-order valence-corrected chi connectivity index (χ4v) is 1.68. The monoisotopic (exact) mass is 206 g/mol. The molecule has 0 atom stereocenters. The summed E-state index contributed by atoms with van der Waals surface area (Å²) in [6.45, 7) is 0. The zero-order valence-electron chi connectivity index (χ0n) is 7.08. The molecule has 0 aliphatic carbocycles. The van der Waals surface area contributed by atoms with Crippen LogP contribution in [0.3, 0.4) is 0 Å². The largest absolute Gasteiger partial charge is 0.278 e. The number of fused-ring (bicyclic) bond motifs is 1. The number of imidazole rings is 1. The van der Waals surface area contributed by atoms with Crippen LogP contribution in [-0.4, -0.2) is 22.0 Å².